The summed E-state index contributed by atoms with van der Waals surface area (Å²) in [5, 5.41) is 0. The second kappa shape index (κ2) is 4.55. The zero-order valence-electron chi connectivity index (χ0n) is 12.2. The van der Waals surface area contributed by atoms with Gasteiger partial charge in [-0.05, 0) is 50.9 Å². The van der Waals surface area contributed by atoms with E-state index in [1.54, 1.807) is 0 Å². The van der Waals surface area contributed by atoms with Crippen molar-refractivity contribution in [1.29, 1.82) is 0 Å². The lowest BCUT2D eigenvalue weighted by Crippen LogP contribution is -2.41. The van der Waals surface area contributed by atoms with Gasteiger partial charge in [0.05, 0.1) is 11.2 Å². The fourth-order valence-corrected chi connectivity index (χ4v) is 2.54. The van der Waals surface area contributed by atoms with Crippen molar-refractivity contribution in [3.05, 3.63) is 17.7 Å². The molecule has 0 aliphatic carbocycles. The zero-order chi connectivity index (χ0) is 14.5. The lowest BCUT2D eigenvalue weighted by Gasteiger charge is -2.32. The van der Waals surface area contributed by atoms with E-state index < -0.39 is 7.12 Å². The number of fused-ring (bicyclic) bond motifs is 1. The average Bonchev–Trinajstić information content (AvgIpc) is 2.89. The number of halogens is 1. The van der Waals surface area contributed by atoms with Gasteiger partial charge in [0.2, 0.25) is 6.79 Å². The molecule has 4 nitrogen and oxygen atoms in total. The maximum absolute atomic E-state index is 6.08. The van der Waals surface area contributed by atoms with Crippen LogP contribution >= 0.6 is 11.6 Å². The Hall–Kier alpha value is -0.905. The van der Waals surface area contributed by atoms with Gasteiger partial charge in [0, 0.05) is 5.88 Å². The first-order chi connectivity index (χ1) is 9.34. The van der Waals surface area contributed by atoms with Crippen molar-refractivity contribution in [1.82, 2.24) is 0 Å². The summed E-state index contributed by atoms with van der Waals surface area (Å²) in [4.78, 5) is 0. The molecule has 0 saturated carbocycles. The minimum atomic E-state index is -0.441. The molecule has 2 aliphatic heterocycles. The third-order valence-electron chi connectivity index (χ3n) is 4.29. The predicted octanol–water partition coefficient (Wildman–Crippen LogP) is 2.45. The Morgan fingerprint density at radius 2 is 1.60 bits per heavy atom. The molecule has 0 aromatic heterocycles. The molecule has 1 aromatic carbocycles. The Balaban J connectivity index is 1.99. The van der Waals surface area contributed by atoms with Crippen LogP contribution in [0.2, 0.25) is 0 Å². The SMILES string of the molecule is CC1(C)OB(c2cc3c(cc2CCl)OCO3)OC1(C)C. The molecule has 0 amide bonds. The molecule has 0 bridgehead atoms. The first-order valence-corrected chi connectivity index (χ1v) is 7.21. The van der Waals surface area contributed by atoms with Gasteiger partial charge in [-0.15, -0.1) is 11.6 Å². The highest BCUT2D eigenvalue weighted by Crippen LogP contribution is 2.38. The molecule has 0 atom stereocenters. The van der Waals surface area contributed by atoms with Gasteiger partial charge >= 0.3 is 7.12 Å². The Bertz CT molecular complexity index is 528. The van der Waals surface area contributed by atoms with Crippen molar-refractivity contribution in [2.24, 2.45) is 0 Å². The lowest BCUT2D eigenvalue weighted by atomic mass is 9.76. The van der Waals surface area contributed by atoms with Crippen LogP contribution in [0.5, 0.6) is 11.5 Å². The summed E-state index contributed by atoms with van der Waals surface area (Å²) in [7, 11) is -0.441. The summed E-state index contributed by atoms with van der Waals surface area (Å²) in [6.07, 6.45) is 0. The average molecular weight is 297 g/mol. The van der Waals surface area contributed by atoms with Gasteiger partial charge in [-0.25, -0.2) is 0 Å². The highest BCUT2D eigenvalue weighted by atomic mass is 35.5. The summed E-state index contributed by atoms with van der Waals surface area (Å²) in [6.45, 7) is 8.35. The number of ether oxygens (including phenoxy) is 2. The monoisotopic (exact) mass is 296 g/mol. The molecular formula is C14H18BClO4. The van der Waals surface area contributed by atoms with Gasteiger partial charge in [-0.3, -0.25) is 0 Å². The van der Waals surface area contributed by atoms with E-state index in [4.69, 9.17) is 30.4 Å². The van der Waals surface area contributed by atoms with Crippen molar-refractivity contribution in [2.45, 2.75) is 44.8 Å². The van der Waals surface area contributed by atoms with E-state index in [2.05, 4.69) is 0 Å². The predicted molar refractivity (Wildman–Crippen MR) is 77.8 cm³/mol. The third-order valence-corrected chi connectivity index (χ3v) is 4.57. The van der Waals surface area contributed by atoms with Crippen LogP contribution in [0.4, 0.5) is 0 Å². The maximum Gasteiger partial charge on any atom is 0.495 e. The Kier molecular flexibility index (Phi) is 3.20. The molecule has 1 saturated heterocycles. The first-order valence-electron chi connectivity index (χ1n) is 6.68. The van der Waals surface area contributed by atoms with Crippen molar-refractivity contribution in [3.8, 4) is 11.5 Å². The van der Waals surface area contributed by atoms with Crippen LogP contribution in [0.15, 0.2) is 12.1 Å². The highest BCUT2D eigenvalue weighted by Gasteiger charge is 2.52. The van der Waals surface area contributed by atoms with Crippen molar-refractivity contribution < 1.29 is 18.8 Å². The van der Waals surface area contributed by atoms with Crippen LogP contribution in [-0.2, 0) is 15.2 Å². The largest absolute Gasteiger partial charge is 0.495 e. The minimum Gasteiger partial charge on any atom is -0.454 e. The van der Waals surface area contributed by atoms with Gasteiger partial charge in [0.1, 0.15) is 0 Å². The topological polar surface area (TPSA) is 36.9 Å². The number of hydrogen-bond acceptors (Lipinski definition) is 4. The van der Waals surface area contributed by atoms with E-state index in [0.717, 1.165) is 16.8 Å². The third kappa shape index (κ3) is 2.08. The number of hydrogen-bond donors (Lipinski definition) is 0. The number of rotatable bonds is 2. The van der Waals surface area contributed by atoms with Crippen LogP contribution in [0, 0.1) is 0 Å². The molecule has 0 spiro atoms. The molecule has 1 aromatic rings. The van der Waals surface area contributed by atoms with Crippen molar-refractivity contribution >= 4 is 24.2 Å². The zero-order valence-corrected chi connectivity index (χ0v) is 12.9. The van der Waals surface area contributed by atoms with Crippen LogP contribution in [0.3, 0.4) is 0 Å². The molecule has 1 fully saturated rings. The summed E-state index contributed by atoms with van der Waals surface area (Å²) in [6, 6.07) is 3.80. The second-order valence-corrected chi connectivity index (χ2v) is 6.39. The molecule has 0 N–H and O–H groups in total. The molecule has 2 heterocycles. The number of alkyl halides is 1. The summed E-state index contributed by atoms with van der Waals surface area (Å²) >= 11 is 6.05. The van der Waals surface area contributed by atoms with Gasteiger partial charge in [0.15, 0.2) is 11.5 Å². The summed E-state index contributed by atoms with van der Waals surface area (Å²) in [5.74, 6) is 1.81. The summed E-state index contributed by atoms with van der Waals surface area (Å²) in [5.41, 5.74) is 1.09. The molecule has 108 valence electrons. The van der Waals surface area contributed by atoms with Gasteiger partial charge in [0.25, 0.3) is 0 Å². The molecule has 2 aliphatic rings. The molecule has 6 heteroatoms. The molecule has 0 radical (unpaired) electrons. The lowest BCUT2D eigenvalue weighted by molar-refractivity contribution is 0.00578. The van der Waals surface area contributed by atoms with Crippen molar-refractivity contribution in [2.75, 3.05) is 6.79 Å². The smallest absolute Gasteiger partial charge is 0.454 e. The van der Waals surface area contributed by atoms with Crippen LogP contribution < -0.4 is 14.9 Å². The fourth-order valence-electron chi connectivity index (χ4n) is 2.30. The second-order valence-electron chi connectivity index (χ2n) is 6.13. The van der Waals surface area contributed by atoms with Gasteiger partial charge in [-0.2, -0.15) is 0 Å². The summed E-state index contributed by atoms with van der Waals surface area (Å²) < 4.78 is 23.0. The minimum absolute atomic E-state index is 0.240. The van der Waals surface area contributed by atoms with E-state index in [-0.39, 0.29) is 18.0 Å². The van der Waals surface area contributed by atoms with Gasteiger partial charge in [-0.1, -0.05) is 0 Å². The Morgan fingerprint density at radius 3 is 2.15 bits per heavy atom. The van der Waals surface area contributed by atoms with Crippen molar-refractivity contribution in [3.63, 3.8) is 0 Å². The quantitative estimate of drug-likeness (QED) is 0.620. The van der Waals surface area contributed by atoms with E-state index >= 15 is 0 Å². The van der Waals surface area contributed by atoms with E-state index in [9.17, 15) is 0 Å². The number of benzene rings is 1. The Morgan fingerprint density at radius 1 is 1.05 bits per heavy atom. The molecule has 3 rings (SSSR count). The van der Waals surface area contributed by atoms with Crippen LogP contribution in [0.25, 0.3) is 0 Å². The Labute approximate surface area is 124 Å². The normalized spacial score (nSPS) is 22.4. The molecule has 20 heavy (non-hydrogen) atoms. The van der Waals surface area contributed by atoms with Crippen LogP contribution in [0.1, 0.15) is 33.3 Å². The van der Waals surface area contributed by atoms with E-state index in [1.807, 2.05) is 39.8 Å². The standard InChI is InChI=1S/C14H18BClO4/c1-13(2)14(3,4)20-15(19-13)10-6-12-11(17-8-18-12)5-9(10)7-16/h5-6H,7-8H2,1-4H3. The maximum atomic E-state index is 6.08. The van der Waals surface area contributed by atoms with Crippen LogP contribution in [-0.4, -0.2) is 25.1 Å². The molecular weight excluding hydrogens is 278 g/mol. The molecule has 0 unspecified atom stereocenters. The van der Waals surface area contributed by atoms with Gasteiger partial charge < -0.3 is 18.8 Å². The first kappa shape index (κ1) is 14.0. The highest BCUT2D eigenvalue weighted by molar-refractivity contribution is 6.63. The van der Waals surface area contributed by atoms with E-state index in [1.165, 1.54) is 0 Å². The fraction of sp³-hybridized carbons (Fsp3) is 0.571. The van der Waals surface area contributed by atoms with E-state index in [0.29, 0.717) is 11.6 Å².